The molecule has 0 aliphatic heterocycles. The molecule has 1 heteroatoms. The molecular weight excluding hydrogens is 182 g/mol. The predicted molar refractivity (Wildman–Crippen MR) is 65.0 cm³/mol. The number of rotatable bonds is 0. The zero-order valence-electron chi connectivity index (χ0n) is 10.0. The Morgan fingerprint density at radius 2 is 2.00 bits per heavy atom. The summed E-state index contributed by atoms with van der Waals surface area (Å²) in [5.74, 6) is 0. The van der Waals surface area contributed by atoms with Crippen molar-refractivity contribution in [3.05, 3.63) is 34.9 Å². The van der Waals surface area contributed by atoms with Crippen molar-refractivity contribution >= 4 is 0 Å². The van der Waals surface area contributed by atoms with Gasteiger partial charge in [-0.05, 0) is 41.4 Å². The molecule has 0 amide bonds. The summed E-state index contributed by atoms with van der Waals surface area (Å²) in [5, 5.41) is 0. The van der Waals surface area contributed by atoms with Crippen molar-refractivity contribution in [1.29, 1.82) is 0 Å². The van der Waals surface area contributed by atoms with Crippen LogP contribution in [0.3, 0.4) is 0 Å². The number of aryl methyl sites for hydroxylation is 1. The Morgan fingerprint density at radius 3 is 2.67 bits per heavy atom. The van der Waals surface area contributed by atoms with Gasteiger partial charge in [0.1, 0.15) is 0 Å². The van der Waals surface area contributed by atoms with Gasteiger partial charge in [-0.3, -0.25) is 0 Å². The van der Waals surface area contributed by atoms with Gasteiger partial charge >= 0.3 is 0 Å². The molecule has 1 aromatic rings. The maximum atomic E-state index is 6.11. The quantitative estimate of drug-likeness (QED) is 0.687. The fourth-order valence-corrected chi connectivity index (χ4v) is 2.32. The van der Waals surface area contributed by atoms with Gasteiger partial charge in [-0.1, -0.05) is 39.0 Å². The summed E-state index contributed by atoms with van der Waals surface area (Å²) < 4.78 is 0. The Balaban J connectivity index is 2.42. The molecule has 1 aliphatic carbocycles. The predicted octanol–water partition coefficient (Wildman–Crippen LogP) is 3.32. The molecule has 0 spiro atoms. The third kappa shape index (κ3) is 2.07. The van der Waals surface area contributed by atoms with Gasteiger partial charge in [0, 0.05) is 6.04 Å². The van der Waals surface area contributed by atoms with Gasteiger partial charge < -0.3 is 5.73 Å². The fourth-order valence-electron chi connectivity index (χ4n) is 2.32. The van der Waals surface area contributed by atoms with Crippen LogP contribution in [-0.4, -0.2) is 0 Å². The first kappa shape index (κ1) is 10.7. The van der Waals surface area contributed by atoms with Gasteiger partial charge in [-0.15, -0.1) is 0 Å². The third-order valence-electron chi connectivity index (χ3n) is 3.37. The van der Waals surface area contributed by atoms with Crippen LogP contribution in [0, 0.1) is 0 Å². The lowest BCUT2D eigenvalue weighted by atomic mass is 9.81. The Hall–Kier alpha value is -0.820. The summed E-state index contributed by atoms with van der Waals surface area (Å²) in [6, 6.07) is 7.10. The second-order valence-electron chi connectivity index (χ2n) is 5.66. The lowest BCUT2D eigenvalue weighted by Gasteiger charge is -2.26. The van der Waals surface area contributed by atoms with E-state index in [0.29, 0.717) is 0 Å². The molecule has 0 bridgehead atoms. The molecule has 0 aromatic heterocycles. The van der Waals surface area contributed by atoms with E-state index in [-0.39, 0.29) is 11.5 Å². The van der Waals surface area contributed by atoms with Crippen molar-refractivity contribution in [2.75, 3.05) is 0 Å². The summed E-state index contributed by atoms with van der Waals surface area (Å²) in [7, 11) is 0. The zero-order chi connectivity index (χ0) is 11.1. The fraction of sp³-hybridized carbons (Fsp3) is 0.571. The third-order valence-corrected chi connectivity index (χ3v) is 3.37. The van der Waals surface area contributed by atoms with Crippen LogP contribution in [0.4, 0.5) is 0 Å². The van der Waals surface area contributed by atoms with Crippen molar-refractivity contribution in [2.45, 2.75) is 51.5 Å². The molecular formula is C14H21N. The first-order valence-electron chi connectivity index (χ1n) is 5.87. The maximum absolute atomic E-state index is 6.11. The smallest absolute Gasteiger partial charge is 0.0297 e. The highest BCUT2D eigenvalue weighted by Crippen LogP contribution is 2.31. The Morgan fingerprint density at radius 1 is 1.27 bits per heavy atom. The Bertz CT molecular complexity index is 360. The highest BCUT2D eigenvalue weighted by Gasteiger charge is 2.20. The van der Waals surface area contributed by atoms with Crippen LogP contribution in [0.25, 0.3) is 0 Å². The minimum atomic E-state index is 0.247. The Kier molecular flexibility index (Phi) is 2.59. The maximum Gasteiger partial charge on any atom is 0.0297 e. The van der Waals surface area contributed by atoms with Crippen LogP contribution in [-0.2, 0) is 11.8 Å². The van der Waals surface area contributed by atoms with Crippen LogP contribution in [0.15, 0.2) is 18.2 Å². The summed E-state index contributed by atoms with van der Waals surface area (Å²) in [4.78, 5) is 0. The lowest BCUT2D eigenvalue weighted by Crippen LogP contribution is -2.19. The second-order valence-corrected chi connectivity index (χ2v) is 5.66. The highest BCUT2D eigenvalue weighted by atomic mass is 14.6. The number of hydrogen-bond donors (Lipinski definition) is 1. The molecule has 1 unspecified atom stereocenters. The number of nitrogens with two attached hydrogens (primary N) is 1. The first-order chi connectivity index (χ1) is 6.98. The van der Waals surface area contributed by atoms with Crippen molar-refractivity contribution < 1.29 is 0 Å². The number of hydrogen-bond acceptors (Lipinski definition) is 1. The minimum absolute atomic E-state index is 0.247. The summed E-state index contributed by atoms with van der Waals surface area (Å²) in [6.07, 6.45) is 3.58. The average molecular weight is 203 g/mol. The van der Waals surface area contributed by atoms with E-state index in [4.69, 9.17) is 5.73 Å². The normalized spacial score (nSPS) is 21.2. The molecule has 0 saturated carbocycles. The lowest BCUT2D eigenvalue weighted by molar-refractivity contribution is 0.559. The molecule has 0 fully saturated rings. The molecule has 1 aliphatic rings. The van der Waals surface area contributed by atoms with Crippen LogP contribution < -0.4 is 5.73 Å². The minimum Gasteiger partial charge on any atom is -0.324 e. The van der Waals surface area contributed by atoms with Crippen molar-refractivity contribution in [2.24, 2.45) is 5.73 Å². The van der Waals surface area contributed by atoms with Crippen molar-refractivity contribution in [3.8, 4) is 0 Å². The molecule has 0 heterocycles. The van der Waals surface area contributed by atoms with Gasteiger partial charge in [0.25, 0.3) is 0 Å². The molecule has 2 N–H and O–H groups in total. The Labute approximate surface area is 92.7 Å². The van der Waals surface area contributed by atoms with E-state index in [1.807, 2.05) is 0 Å². The molecule has 1 aromatic carbocycles. The monoisotopic (exact) mass is 203 g/mol. The summed E-state index contributed by atoms with van der Waals surface area (Å²) >= 11 is 0. The average Bonchev–Trinajstić information content (AvgIpc) is 2.16. The summed E-state index contributed by atoms with van der Waals surface area (Å²) in [5.41, 5.74) is 10.6. The van der Waals surface area contributed by atoms with E-state index in [1.54, 1.807) is 0 Å². The van der Waals surface area contributed by atoms with E-state index < -0.39 is 0 Å². The summed E-state index contributed by atoms with van der Waals surface area (Å²) in [6.45, 7) is 6.78. The van der Waals surface area contributed by atoms with E-state index in [9.17, 15) is 0 Å². The molecule has 0 radical (unpaired) electrons. The molecule has 1 nitrogen and oxygen atoms in total. The number of fused-ring (bicyclic) bond motifs is 1. The van der Waals surface area contributed by atoms with E-state index >= 15 is 0 Å². The zero-order valence-corrected chi connectivity index (χ0v) is 10.0. The highest BCUT2D eigenvalue weighted by molar-refractivity contribution is 5.38. The van der Waals surface area contributed by atoms with Crippen molar-refractivity contribution in [3.63, 3.8) is 0 Å². The number of benzene rings is 1. The van der Waals surface area contributed by atoms with E-state index in [1.165, 1.54) is 29.5 Å². The topological polar surface area (TPSA) is 26.0 Å². The van der Waals surface area contributed by atoms with Gasteiger partial charge in [-0.2, -0.15) is 0 Å². The van der Waals surface area contributed by atoms with Crippen LogP contribution in [0.1, 0.15) is 56.3 Å². The van der Waals surface area contributed by atoms with Gasteiger partial charge in [0.15, 0.2) is 0 Å². The van der Waals surface area contributed by atoms with Gasteiger partial charge in [-0.25, -0.2) is 0 Å². The molecule has 2 rings (SSSR count). The van der Waals surface area contributed by atoms with Crippen molar-refractivity contribution in [1.82, 2.24) is 0 Å². The first-order valence-corrected chi connectivity index (χ1v) is 5.87. The van der Waals surface area contributed by atoms with Crippen LogP contribution in [0.2, 0.25) is 0 Å². The molecule has 1 atom stereocenters. The standard InChI is InChI=1S/C14H21N/c1-14(2,3)11-7-8-12-10(9-11)5-4-6-13(12)15/h7-9,13H,4-6,15H2,1-3H3. The largest absolute Gasteiger partial charge is 0.324 e. The van der Waals surface area contributed by atoms with Crippen LogP contribution >= 0.6 is 0 Å². The SMILES string of the molecule is CC(C)(C)c1ccc2c(c1)CCCC2N. The van der Waals surface area contributed by atoms with E-state index in [2.05, 4.69) is 39.0 Å². The van der Waals surface area contributed by atoms with E-state index in [0.717, 1.165) is 6.42 Å². The molecule has 0 saturated heterocycles. The van der Waals surface area contributed by atoms with Gasteiger partial charge in [0.05, 0.1) is 0 Å². The second kappa shape index (κ2) is 3.64. The molecule has 15 heavy (non-hydrogen) atoms. The van der Waals surface area contributed by atoms with Gasteiger partial charge in [0.2, 0.25) is 0 Å². The molecule has 82 valence electrons. The van der Waals surface area contributed by atoms with Crippen LogP contribution in [0.5, 0.6) is 0 Å².